The maximum atomic E-state index is 11.6. The number of rotatable bonds is 3. The molecule has 1 amide bonds. The molecule has 0 aliphatic carbocycles. The molecule has 0 atom stereocenters. The maximum absolute atomic E-state index is 11.6. The summed E-state index contributed by atoms with van der Waals surface area (Å²) in [6, 6.07) is 1.07. The van der Waals surface area contributed by atoms with Crippen molar-refractivity contribution in [1.82, 2.24) is 4.68 Å². The fourth-order valence-electron chi connectivity index (χ4n) is 1.41. The van der Waals surface area contributed by atoms with Crippen molar-refractivity contribution < 1.29 is 24.2 Å². The number of nitrogens with zero attached hydrogens (tertiary/aromatic N) is 1. The summed E-state index contributed by atoms with van der Waals surface area (Å²) < 4.78 is 10.6. The lowest BCUT2D eigenvalue weighted by atomic mass is 10.2. The second-order valence-electron chi connectivity index (χ2n) is 4.85. The number of aromatic carboxylic acids is 1. The summed E-state index contributed by atoms with van der Waals surface area (Å²) in [4.78, 5) is 34.3. The fraction of sp³-hybridized carbons (Fsp3) is 0.417. The predicted molar refractivity (Wildman–Crippen MR) is 69.8 cm³/mol. The molecule has 1 rings (SSSR count). The van der Waals surface area contributed by atoms with E-state index in [-0.39, 0.29) is 5.75 Å². The van der Waals surface area contributed by atoms with Crippen molar-refractivity contribution in [2.24, 2.45) is 0 Å². The monoisotopic (exact) mass is 284 g/mol. The standard InChI is InChI=1S/C12H16N2O6/c1-12(2,3)20-11(18)13-14-6-5-7(15)9(19-4)8(14)10(16)17/h5-6H,1-4H3,(H,13,18)(H,16,17). The van der Waals surface area contributed by atoms with E-state index in [2.05, 4.69) is 5.43 Å². The predicted octanol–water partition coefficient (Wildman–Crippen LogP) is 1.03. The molecule has 0 aromatic carbocycles. The lowest BCUT2D eigenvalue weighted by molar-refractivity contribution is 0.0608. The topological polar surface area (TPSA) is 107 Å². The van der Waals surface area contributed by atoms with Crippen molar-refractivity contribution >= 4 is 12.1 Å². The summed E-state index contributed by atoms with van der Waals surface area (Å²) in [7, 11) is 1.17. The average molecular weight is 284 g/mol. The normalized spacial score (nSPS) is 10.8. The second kappa shape index (κ2) is 5.64. The first-order valence-electron chi connectivity index (χ1n) is 5.68. The molecule has 0 spiro atoms. The lowest BCUT2D eigenvalue weighted by Crippen LogP contribution is -2.34. The Hall–Kier alpha value is -2.51. The van der Waals surface area contributed by atoms with Gasteiger partial charge in [-0.05, 0) is 20.8 Å². The van der Waals surface area contributed by atoms with E-state index < -0.39 is 28.8 Å². The summed E-state index contributed by atoms with van der Waals surface area (Å²) in [5, 5.41) is 9.12. The van der Waals surface area contributed by atoms with Crippen LogP contribution in [0.15, 0.2) is 17.1 Å². The van der Waals surface area contributed by atoms with Crippen molar-refractivity contribution in [2.45, 2.75) is 26.4 Å². The summed E-state index contributed by atoms with van der Waals surface area (Å²) in [5.41, 5.74) is 0.368. The molecule has 0 aliphatic rings. The van der Waals surface area contributed by atoms with Crippen molar-refractivity contribution in [3.63, 3.8) is 0 Å². The van der Waals surface area contributed by atoms with Gasteiger partial charge in [0.15, 0.2) is 11.4 Å². The minimum atomic E-state index is -1.42. The molecule has 2 N–H and O–H groups in total. The molecule has 0 saturated carbocycles. The maximum Gasteiger partial charge on any atom is 0.426 e. The quantitative estimate of drug-likeness (QED) is 0.858. The third-order valence-corrected chi connectivity index (χ3v) is 2.07. The van der Waals surface area contributed by atoms with Crippen LogP contribution in [0.4, 0.5) is 4.79 Å². The fourth-order valence-corrected chi connectivity index (χ4v) is 1.41. The van der Waals surface area contributed by atoms with Gasteiger partial charge in [0.1, 0.15) is 5.60 Å². The van der Waals surface area contributed by atoms with Crippen LogP contribution in [-0.2, 0) is 4.74 Å². The number of carbonyl (C=O) groups is 2. The smallest absolute Gasteiger partial charge is 0.426 e. The van der Waals surface area contributed by atoms with Gasteiger partial charge in [-0.15, -0.1) is 0 Å². The summed E-state index contributed by atoms with van der Waals surface area (Å²) in [5.74, 6) is -1.80. The van der Waals surface area contributed by atoms with E-state index in [1.54, 1.807) is 20.8 Å². The number of carbonyl (C=O) groups excluding carboxylic acids is 1. The number of amides is 1. The SMILES string of the molecule is COc1c(C(=O)O)n(NC(=O)OC(C)(C)C)ccc1=O. The third-order valence-electron chi connectivity index (χ3n) is 2.07. The molecule has 1 aromatic heterocycles. The molecule has 0 fully saturated rings. The van der Waals surface area contributed by atoms with Crippen molar-refractivity contribution in [3.8, 4) is 5.75 Å². The largest absolute Gasteiger partial charge is 0.490 e. The van der Waals surface area contributed by atoms with E-state index in [9.17, 15) is 14.4 Å². The Morgan fingerprint density at radius 2 is 1.95 bits per heavy atom. The second-order valence-corrected chi connectivity index (χ2v) is 4.85. The highest BCUT2D eigenvalue weighted by Gasteiger charge is 2.22. The molecule has 0 saturated heterocycles. The Bertz CT molecular complexity index is 585. The van der Waals surface area contributed by atoms with Gasteiger partial charge in [-0.25, -0.2) is 19.7 Å². The molecule has 8 heteroatoms. The van der Waals surface area contributed by atoms with Gasteiger partial charge in [-0.3, -0.25) is 4.79 Å². The molecule has 110 valence electrons. The van der Waals surface area contributed by atoms with Crippen LogP contribution in [-0.4, -0.2) is 34.6 Å². The van der Waals surface area contributed by atoms with Gasteiger partial charge in [0, 0.05) is 12.3 Å². The van der Waals surface area contributed by atoms with Gasteiger partial charge in [-0.1, -0.05) is 0 Å². The van der Waals surface area contributed by atoms with Crippen molar-refractivity contribution in [3.05, 3.63) is 28.2 Å². The van der Waals surface area contributed by atoms with E-state index in [0.717, 1.165) is 16.9 Å². The zero-order chi connectivity index (χ0) is 15.5. The Labute approximate surface area is 114 Å². The van der Waals surface area contributed by atoms with Crippen LogP contribution >= 0.6 is 0 Å². The molecule has 0 aliphatic heterocycles. The average Bonchev–Trinajstić information content (AvgIpc) is 2.27. The molecule has 0 bridgehead atoms. The van der Waals surface area contributed by atoms with E-state index in [0.29, 0.717) is 0 Å². The minimum Gasteiger partial charge on any atom is -0.490 e. The molecule has 0 unspecified atom stereocenters. The van der Waals surface area contributed by atoms with Crippen LogP contribution < -0.4 is 15.6 Å². The molecule has 20 heavy (non-hydrogen) atoms. The zero-order valence-electron chi connectivity index (χ0n) is 11.6. The molecule has 8 nitrogen and oxygen atoms in total. The number of aromatic nitrogens is 1. The first-order valence-corrected chi connectivity index (χ1v) is 5.68. The number of hydrogen-bond donors (Lipinski definition) is 2. The molecule has 1 aromatic rings. The number of carboxylic acids is 1. The lowest BCUT2D eigenvalue weighted by Gasteiger charge is -2.21. The first kappa shape index (κ1) is 15.5. The van der Waals surface area contributed by atoms with Crippen LogP contribution in [0.2, 0.25) is 0 Å². The van der Waals surface area contributed by atoms with Crippen LogP contribution in [0.25, 0.3) is 0 Å². The minimum absolute atomic E-state index is 0.379. The van der Waals surface area contributed by atoms with Gasteiger partial charge < -0.3 is 14.6 Å². The number of carboxylic acid groups (broad SMARTS) is 1. The Morgan fingerprint density at radius 3 is 2.40 bits per heavy atom. The number of hydrogen-bond acceptors (Lipinski definition) is 5. The van der Waals surface area contributed by atoms with E-state index in [1.165, 1.54) is 7.11 Å². The zero-order valence-corrected chi connectivity index (χ0v) is 11.6. The number of nitrogens with one attached hydrogen (secondary N) is 1. The van der Waals surface area contributed by atoms with E-state index >= 15 is 0 Å². The summed E-state index contributed by atoms with van der Waals surface area (Å²) in [6.45, 7) is 4.99. The number of ether oxygens (including phenoxy) is 2. The van der Waals surface area contributed by atoms with Crippen molar-refractivity contribution in [1.29, 1.82) is 0 Å². The van der Waals surface area contributed by atoms with E-state index in [1.807, 2.05) is 0 Å². The van der Waals surface area contributed by atoms with Gasteiger partial charge in [0.05, 0.1) is 7.11 Å². The highest BCUT2D eigenvalue weighted by atomic mass is 16.6. The highest BCUT2D eigenvalue weighted by Crippen LogP contribution is 2.12. The Morgan fingerprint density at radius 1 is 1.35 bits per heavy atom. The Balaban J connectivity index is 3.16. The Kier molecular flexibility index (Phi) is 4.38. The van der Waals surface area contributed by atoms with Crippen LogP contribution in [0.1, 0.15) is 31.3 Å². The molecule has 0 radical (unpaired) electrons. The van der Waals surface area contributed by atoms with Gasteiger partial charge in [0.2, 0.25) is 5.43 Å². The summed E-state index contributed by atoms with van der Waals surface area (Å²) >= 11 is 0. The van der Waals surface area contributed by atoms with Crippen LogP contribution in [0, 0.1) is 0 Å². The van der Waals surface area contributed by atoms with E-state index in [4.69, 9.17) is 14.6 Å². The highest BCUT2D eigenvalue weighted by molar-refractivity contribution is 5.90. The summed E-state index contributed by atoms with van der Waals surface area (Å²) in [6.07, 6.45) is 0.254. The van der Waals surface area contributed by atoms with Gasteiger partial charge >= 0.3 is 12.1 Å². The van der Waals surface area contributed by atoms with Gasteiger partial charge in [-0.2, -0.15) is 0 Å². The number of pyridine rings is 1. The third kappa shape index (κ3) is 3.74. The molecule has 1 heterocycles. The molecular formula is C12H16N2O6. The number of methoxy groups -OCH3 is 1. The van der Waals surface area contributed by atoms with Crippen LogP contribution in [0.5, 0.6) is 5.75 Å². The van der Waals surface area contributed by atoms with Crippen LogP contribution in [0.3, 0.4) is 0 Å². The van der Waals surface area contributed by atoms with Gasteiger partial charge in [0.25, 0.3) is 0 Å². The molecular weight excluding hydrogens is 268 g/mol. The first-order chi connectivity index (χ1) is 9.15. The van der Waals surface area contributed by atoms with Crippen molar-refractivity contribution in [2.75, 3.05) is 12.5 Å².